The van der Waals surface area contributed by atoms with Crippen LogP contribution in [0.15, 0.2) is 53.3 Å². The molecule has 2 aromatic carbocycles. The second-order valence-electron chi connectivity index (χ2n) is 8.59. The van der Waals surface area contributed by atoms with Gasteiger partial charge in [0.2, 0.25) is 5.91 Å². The Morgan fingerprint density at radius 2 is 1.93 bits per heavy atom. The van der Waals surface area contributed by atoms with Crippen molar-refractivity contribution in [2.24, 2.45) is 5.73 Å². The fourth-order valence-electron chi connectivity index (χ4n) is 4.21. The van der Waals surface area contributed by atoms with Crippen LogP contribution in [0.4, 0.5) is 0 Å². The number of aromatic amines is 2. The number of carbonyl (C=O) groups is 1. The third-order valence-corrected chi connectivity index (χ3v) is 5.74. The Morgan fingerprint density at radius 1 is 1.17 bits per heavy atom. The normalized spacial score (nSPS) is 15.8. The predicted molar refractivity (Wildman–Crippen MR) is 116 cm³/mol. The van der Waals surface area contributed by atoms with Crippen molar-refractivity contribution in [2.75, 3.05) is 0 Å². The van der Waals surface area contributed by atoms with Crippen molar-refractivity contribution in [1.82, 2.24) is 10.2 Å². The lowest BCUT2D eigenvalue weighted by Crippen LogP contribution is -2.32. The van der Waals surface area contributed by atoms with Crippen LogP contribution in [0.2, 0.25) is 0 Å². The maximum absolute atomic E-state index is 12.7. The van der Waals surface area contributed by atoms with Gasteiger partial charge in [-0.3, -0.25) is 14.7 Å². The standard InChI is InChI=1S/C24H27N3O3/c1-24(2)11-10-17-12-15(8-9-20(17)30-24)13-19-22(23(29)27-26-19)18(14-21(25)28)16-6-4-3-5-7-16/h3-9,12,18H,10-11,13-14H2,1-2H3,(H2,25,28)(H2,26,27,29)/t18-/m0/s1. The van der Waals surface area contributed by atoms with Crippen LogP contribution in [-0.2, 0) is 17.6 Å². The molecule has 0 unspecified atom stereocenters. The quantitative estimate of drug-likeness (QED) is 0.586. The summed E-state index contributed by atoms with van der Waals surface area (Å²) >= 11 is 0. The number of hydrogen-bond acceptors (Lipinski definition) is 3. The van der Waals surface area contributed by atoms with Gasteiger partial charge in [0.1, 0.15) is 11.4 Å². The molecular weight excluding hydrogens is 378 g/mol. The Labute approximate surface area is 175 Å². The molecule has 0 saturated carbocycles. The first-order valence-electron chi connectivity index (χ1n) is 10.3. The predicted octanol–water partition coefficient (Wildman–Crippen LogP) is 3.40. The highest BCUT2D eigenvalue weighted by molar-refractivity contribution is 5.75. The number of ether oxygens (including phenoxy) is 1. The molecule has 1 aliphatic rings. The summed E-state index contributed by atoms with van der Waals surface area (Å²) in [5.74, 6) is 0.0908. The molecule has 0 radical (unpaired) electrons. The van der Waals surface area contributed by atoms with E-state index >= 15 is 0 Å². The summed E-state index contributed by atoms with van der Waals surface area (Å²) in [6, 6.07) is 15.7. The summed E-state index contributed by atoms with van der Waals surface area (Å²) in [5, 5.41) is 5.71. The first kappa shape index (κ1) is 20.0. The van der Waals surface area contributed by atoms with Crippen LogP contribution in [0, 0.1) is 0 Å². The molecule has 1 amide bonds. The first-order chi connectivity index (χ1) is 14.3. The van der Waals surface area contributed by atoms with Gasteiger partial charge in [-0.05, 0) is 49.4 Å². The molecule has 0 aliphatic carbocycles. The van der Waals surface area contributed by atoms with E-state index in [9.17, 15) is 9.59 Å². The van der Waals surface area contributed by atoms with Crippen molar-refractivity contribution in [1.29, 1.82) is 0 Å². The van der Waals surface area contributed by atoms with Gasteiger partial charge in [0.25, 0.3) is 5.56 Å². The fourth-order valence-corrected chi connectivity index (χ4v) is 4.21. The van der Waals surface area contributed by atoms with Crippen LogP contribution in [0.25, 0.3) is 0 Å². The minimum absolute atomic E-state index is 0.0745. The number of nitrogens with one attached hydrogen (secondary N) is 2. The third-order valence-electron chi connectivity index (χ3n) is 5.74. The lowest BCUT2D eigenvalue weighted by molar-refractivity contribution is -0.118. The molecule has 0 fully saturated rings. The topological polar surface area (TPSA) is 101 Å². The van der Waals surface area contributed by atoms with Gasteiger partial charge in [0.15, 0.2) is 0 Å². The lowest BCUT2D eigenvalue weighted by Gasteiger charge is -2.32. The minimum Gasteiger partial charge on any atom is -0.488 e. The number of carbonyl (C=O) groups excluding carboxylic acids is 1. The Morgan fingerprint density at radius 3 is 2.67 bits per heavy atom. The summed E-state index contributed by atoms with van der Waals surface area (Å²) < 4.78 is 6.08. The van der Waals surface area contributed by atoms with Crippen LogP contribution in [0.1, 0.15) is 60.6 Å². The van der Waals surface area contributed by atoms with Gasteiger partial charge in [0, 0.05) is 30.0 Å². The van der Waals surface area contributed by atoms with Gasteiger partial charge in [0.05, 0.1) is 0 Å². The average Bonchev–Trinajstić information content (AvgIpc) is 3.06. The largest absolute Gasteiger partial charge is 0.488 e. The molecule has 0 saturated heterocycles. The Balaban J connectivity index is 1.67. The Bertz CT molecular complexity index is 1110. The van der Waals surface area contributed by atoms with Crippen LogP contribution in [0.3, 0.4) is 0 Å². The molecule has 4 N–H and O–H groups in total. The van der Waals surface area contributed by atoms with Crippen molar-refractivity contribution < 1.29 is 9.53 Å². The molecule has 4 rings (SSSR count). The molecule has 0 bridgehead atoms. The first-order valence-corrected chi connectivity index (χ1v) is 10.3. The second kappa shape index (κ2) is 7.86. The van der Waals surface area contributed by atoms with Crippen LogP contribution < -0.4 is 16.0 Å². The van der Waals surface area contributed by atoms with Crippen LogP contribution in [-0.4, -0.2) is 21.7 Å². The highest BCUT2D eigenvalue weighted by Crippen LogP contribution is 2.34. The van der Waals surface area contributed by atoms with Crippen LogP contribution in [0.5, 0.6) is 5.75 Å². The molecular formula is C24H27N3O3. The molecule has 0 spiro atoms. The van der Waals surface area contributed by atoms with Crippen LogP contribution >= 0.6 is 0 Å². The molecule has 6 heteroatoms. The van der Waals surface area contributed by atoms with E-state index in [0.717, 1.165) is 35.4 Å². The van der Waals surface area contributed by atoms with Crippen molar-refractivity contribution >= 4 is 5.91 Å². The summed E-state index contributed by atoms with van der Waals surface area (Å²) in [5.41, 5.74) is 9.64. The maximum Gasteiger partial charge on any atom is 0.267 e. The van der Waals surface area contributed by atoms with E-state index in [0.29, 0.717) is 12.0 Å². The molecule has 30 heavy (non-hydrogen) atoms. The Hall–Kier alpha value is -3.28. The number of primary amides is 1. The molecule has 156 valence electrons. The molecule has 2 heterocycles. The van der Waals surface area contributed by atoms with E-state index in [1.807, 2.05) is 42.5 Å². The van der Waals surface area contributed by atoms with Gasteiger partial charge in [-0.2, -0.15) is 0 Å². The van der Waals surface area contributed by atoms with Crippen molar-refractivity contribution in [3.05, 3.63) is 86.8 Å². The number of hydrogen-bond donors (Lipinski definition) is 3. The number of fused-ring (bicyclic) bond motifs is 1. The number of H-pyrrole nitrogens is 2. The molecule has 3 aromatic rings. The van der Waals surface area contributed by atoms with E-state index in [2.05, 4.69) is 30.1 Å². The van der Waals surface area contributed by atoms with Gasteiger partial charge in [-0.15, -0.1) is 0 Å². The summed E-state index contributed by atoms with van der Waals surface area (Å²) in [7, 11) is 0. The smallest absolute Gasteiger partial charge is 0.267 e. The third kappa shape index (κ3) is 4.17. The summed E-state index contributed by atoms with van der Waals surface area (Å²) in [6.45, 7) is 4.20. The van der Waals surface area contributed by atoms with E-state index in [4.69, 9.17) is 10.5 Å². The number of nitrogens with two attached hydrogens (primary N) is 1. The lowest BCUT2D eigenvalue weighted by atomic mass is 9.86. The highest BCUT2D eigenvalue weighted by Gasteiger charge is 2.27. The summed E-state index contributed by atoms with van der Waals surface area (Å²) in [4.78, 5) is 24.4. The molecule has 1 atom stereocenters. The molecule has 1 aromatic heterocycles. The van der Waals surface area contributed by atoms with E-state index in [1.54, 1.807) is 0 Å². The van der Waals surface area contributed by atoms with Crippen molar-refractivity contribution in [3.63, 3.8) is 0 Å². The number of aryl methyl sites for hydroxylation is 1. The SMILES string of the molecule is CC1(C)CCc2cc(Cc3[nH][nH]c(=O)c3[C@@H](CC(N)=O)c3ccccc3)ccc2O1. The van der Waals surface area contributed by atoms with Gasteiger partial charge < -0.3 is 15.6 Å². The fraction of sp³-hybridized carbons (Fsp3) is 0.333. The number of aromatic nitrogens is 2. The Kier molecular flexibility index (Phi) is 5.24. The van der Waals surface area contributed by atoms with Crippen molar-refractivity contribution in [2.45, 2.75) is 51.0 Å². The van der Waals surface area contributed by atoms with E-state index in [-0.39, 0.29) is 17.6 Å². The average molecular weight is 405 g/mol. The van der Waals surface area contributed by atoms with Crippen molar-refractivity contribution in [3.8, 4) is 5.75 Å². The van der Waals surface area contributed by atoms with Gasteiger partial charge >= 0.3 is 0 Å². The highest BCUT2D eigenvalue weighted by atomic mass is 16.5. The zero-order valence-corrected chi connectivity index (χ0v) is 17.3. The monoisotopic (exact) mass is 405 g/mol. The molecule has 1 aliphatic heterocycles. The zero-order valence-electron chi connectivity index (χ0n) is 17.3. The number of benzene rings is 2. The van der Waals surface area contributed by atoms with E-state index < -0.39 is 11.8 Å². The zero-order chi connectivity index (χ0) is 21.3. The minimum atomic E-state index is -0.441. The maximum atomic E-state index is 12.7. The number of amides is 1. The van der Waals surface area contributed by atoms with Gasteiger partial charge in [-0.25, -0.2) is 0 Å². The van der Waals surface area contributed by atoms with Gasteiger partial charge in [-0.1, -0.05) is 42.5 Å². The summed E-state index contributed by atoms with van der Waals surface area (Å²) in [6.07, 6.45) is 2.54. The molecule has 6 nitrogen and oxygen atoms in total. The second-order valence-corrected chi connectivity index (χ2v) is 8.59. The van der Waals surface area contributed by atoms with E-state index in [1.165, 1.54) is 5.56 Å². The number of rotatable bonds is 6.